The van der Waals surface area contributed by atoms with Crippen LogP contribution >= 0.6 is 11.6 Å². The summed E-state index contributed by atoms with van der Waals surface area (Å²) in [7, 11) is 0. The number of carbonyl (C=O) groups excluding carboxylic acids is 1. The van der Waals surface area contributed by atoms with Crippen LogP contribution in [0.1, 0.15) is 15.9 Å². The first kappa shape index (κ1) is 7.43. The number of phenols is 1. The van der Waals surface area contributed by atoms with Gasteiger partial charge >= 0.3 is 5.97 Å². The summed E-state index contributed by atoms with van der Waals surface area (Å²) in [6.07, 6.45) is 0. The minimum absolute atomic E-state index is 0.0723. The molecule has 1 aliphatic heterocycles. The Morgan fingerprint density at radius 1 is 1.50 bits per heavy atom. The molecule has 1 aliphatic rings. The lowest BCUT2D eigenvalue weighted by Crippen LogP contribution is -1.93. The van der Waals surface area contributed by atoms with Crippen molar-refractivity contribution < 1.29 is 14.6 Å². The fraction of sp³-hybridized carbons (Fsp3) is 0.125. The van der Waals surface area contributed by atoms with Crippen molar-refractivity contribution in [2.24, 2.45) is 0 Å². The SMILES string of the molecule is O=C1OCc2c(Cl)ccc(O)c21. The molecular formula is C8H5ClO3. The lowest BCUT2D eigenvalue weighted by molar-refractivity contribution is 0.0533. The monoisotopic (exact) mass is 184 g/mol. The number of phenolic OH excluding ortho intramolecular Hbond substituents is 1. The van der Waals surface area contributed by atoms with Gasteiger partial charge in [0, 0.05) is 10.6 Å². The van der Waals surface area contributed by atoms with Crippen LogP contribution in [-0.4, -0.2) is 11.1 Å². The summed E-state index contributed by atoms with van der Waals surface area (Å²) in [5.74, 6) is -0.582. The van der Waals surface area contributed by atoms with Crippen molar-refractivity contribution in [3.05, 3.63) is 28.3 Å². The number of aromatic hydroxyl groups is 1. The molecule has 0 bridgehead atoms. The maximum atomic E-state index is 11.0. The van der Waals surface area contributed by atoms with Crippen LogP contribution in [0.5, 0.6) is 5.75 Å². The van der Waals surface area contributed by atoms with Crippen LogP contribution in [0.2, 0.25) is 5.02 Å². The number of cyclic esters (lactones) is 1. The van der Waals surface area contributed by atoms with Gasteiger partial charge in [-0.05, 0) is 12.1 Å². The van der Waals surface area contributed by atoms with E-state index in [0.717, 1.165) is 0 Å². The fourth-order valence-corrected chi connectivity index (χ4v) is 1.40. The van der Waals surface area contributed by atoms with E-state index in [9.17, 15) is 9.90 Å². The summed E-state index contributed by atoms with van der Waals surface area (Å²) < 4.78 is 4.70. The Balaban J connectivity index is 2.72. The van der Waals surface area contributed by atoms with E-state index in [1.165, 1.54) is 12.1 Å². The molecule has 0 unspecified atom stereocenters. The van der Waals surface area contributed by atoms with E-state index in [0.29, 0.717) is 10.6 Å². The summed E-state index contributed by atoms with van der Waals surface area (Å²) in [4.78, 5) is 11.0. The van der Waals surface area contributed by atoms with Crippen molar-refractivity contribution in [1.82, 2.24) is 0 Å². The van der Waals surface area contributed by atoms with Crippen LogP contribution in [0.3, 0.4) is 0 Å². The van der Waals surface area contributed by atoms with Crippen molar-refractivity contribution in [1.29, 1.82) is 0 Å². The van der Waals surface area contributed by atoms with Crippen molar-refractivity contribution in [3.63, 3.8) is 0 Å². The Labute approximate surface area is 73.5 Å². The molecule has 12 heavy (non-hydrogen) atoms. The second-order valence-corrected chi connectivity index (χ2v) is 2.90. The van der Waals surface area contributed by atoms with E-state index in [-0.39, 0.29) is 17.9 Å². The Bertz CT molecular complexity index is 360. The minimum atomic E-state index is -0.509. The highest BCUT2D eigenvalue weighted by Crippen LogP contribution is 2.33. The van der Waals surface area contributed by atoms with E-state index < -0.39 is 5.97 Å². The lowest BCUT2D eigenvalue weighted by atomic mass is 10.1. The number of hydrogen-bond acceptors (Lipinski definition) is 3. The molecule has 62 valence electrons. The lowest BCUT2D eigenvalue weighted by Gasteiger charge is -1.98. The van der Waals surface area contributed by atoms with Gasteiger partial charge in [0.05, 0.1) is 0 Å². The summed E-state index contributed by atoms with van der Waals surface area (Å²) >= 11 is 5.76. The van der Waals surface area contributed by atoms with Gasteiger partial charge in [0.25, 0.3) is 0 Å². The molecule has 2 rings (SSSR count). The van der Waals surface area contributed by atoms with Crippen LogP contribution in [0, 0.1) is 0 Å². The quantitative estimate of drug-likeness (QED) is 0.625. The molecule has 1 heterocycles. The average Bonchev–Trinajstić information content (AvgIpc) is 2.42. The molecule has 0 aliphatic carbocycles. The highest BCUT2D eigenvalue weighted by molar-refractivity contribution is 6.32. The minimum Gasteiger partial charge on any atom is -0.507 e. The molecule has 1 aromatic carbocycles. The Kier molecular flexibility index (Phi) is 1.48. The number of halogens is 1. The number of rotatable bonds is 0. The molecule has 0 aromatic heterocycles. The molecule has 0 amide bonds. The number of fused-ring (bicyclic) bond motifs is 1. The Morgan fingerprint density at radius 3 is 2.92 bits per heavy atom. The largest absolute Gasteiger partial charge is 0.507 e. The summed E-state index contributed by atoms with van der Waals surface area (Å²) in [6, 6.07) is 2.92. The van der Waals surface area contributed by atoms with Crippen LogP contribution < -0.4 is 0 Å². The summed E-state index contributed by atoms with van der Waals surface area (Å²) in [5.41, 5.74) is 0.768. The molecule has 3 nitrogen and oxygen atoms in total. The van der Waals surface area contributed by atoms with Gasteiger partial charge in [0.15, 0.2) is 0 Å². The number of hydrogen-bond donors (Lipinski definition) is 1. The topological polar surface area (TPSA) is 46.5 Å². The van der Waals surface area contributed by atoms with Crippen molar-refractivity contribution in [2.45, 2.75) is 6.61 Å². The first-order chi connectivity index (χ1) is 5.70. The predicted octanol–water partition coefficient (Wildman–Crippen LogP) is 1.72. The first-order valence-corrected chi connectivity index (χ1v) is 3.75. The van der Waals surface area contributed by atoms with Gasteiger partial charge in [0.2, 0.25) is 0 Å². The van der Waals surface area contributed by atoms with Gasteiger partial charge in [-0.15, -0.1) is 0 Å². The third-order valence-electron chi connectivity index (χ3n) is 1.79. The Hall–Kier alpha value is -1.22. The zero-order valence-corrected chi connectivity index (χ0v) is 6.76. The summed E-state index contributed by atoms with van der Waals surface area (Å²) in [5, 5.41) is 9.72. The predicted molar refractivity (Wildman–Crippen MR) is 42.2 cm³/mol. The van der Waals surface area contributed by atoms with E-state index in [2.05, 4.69) is 0 Å². The second-order valence-electron chi connectivity index (χ2n) is 2.50. The molecule has 0 saturated heterocycles. The average molecular weight is 185 g/mol. The van der Waals surface area contributed by atoms with Gasteiger partial charge in [-0.1, -0.05) is 11.6 Å². The molecule has 1 aromatic rings. The van der Waals surface area contributed by atoms with Gasteiger partial charge < -0.3 is 9.84 Å². The normalized spacial score (nSPS) is 14.2. The molecule has 1 N–H and O–H groups in total. The standard InChI is InChI=1S/C8H5ClO3/c9-5-1-2-6(10)7-4(5)3-12-8(7)11/h1-2,10H,3H2. The van der Waals surface area contributed by atoms with E-state index >= 15 is 0 Å². The van der Waals surface area contributed by atoms with Crippen molar-refractivity contribution in [2.75, 3.05) is 0 Å². The van der Waals surface area contributed by atoms with Gasteiger partial charge in [-0.3, -0.25) is 0 Å². The number of ether oxygens (including phenoxy) is 1. The molecular weight excluding hydrogens is 180 g/mol. The number of esters is 1. The second kappa shape index (κ2) is 2.38. The summed E-state index contributed by atoms with van der Waals surface area (Å²) in [6.45, 7) is 0.154. The molecule has 4 heteroatoms. The molecule has 0 spiro atoms. The molecule has 0 radical (unpaired) electrons. The van der Waals surface area contributed by atoms with E-state index in [1.807, 2.05) is 0 Å². The van der Waals surface area contributed by atoms with Gasteiger partial charge in [0.1, 0.15) is 17.9 Å². The van der Waals surface area contributed by atoms with Crippen molar-refractivity contribution >= 4 is 17.6 Å². The van der Waals surface area contributed by atoms with Gasteiger partial charge in [-0.25, -0.2) is 4.79 Å². The van der Waals surface area contributed by atoms with Crippen LogP contribution in [0.15, 0.2) is 12.1 Å². The van der Waals surface area contributed by atoms with Crippen LogP contribution in [0.25, 0.3) is 0 Å². The third-order valence-corrected chi connectivity index (χ3v) is 2.14. The van der Waals surface area contributed by atoms with E-state index in [4.69, 9.17) is 16.3 Å². The zero-order chi connectivity index (χ0) is 8.72. The fourth-order valence-electron chi connectivity index (χ4n) is 1.19. The number of carbonyl (C=O) groups is 1. The third kappa shape index (κ3) is 0.865. The van der Waals surface area contributed by atoms with Crippen LogP contribution in [0.4, 0.5) is 0 Å². The molecule has 0 atom stereocenters. The van der Waals surface area contributed by atoms with Crippen molar-refractivity contribution in [3.8, 4) is 5.75 Å². The highest BCUT2D eigenvalue weighted by Gasteiger charge is 2.26. The zero-order valence-electron chi connectivity index (χ0n) is 6.00. The maximum Gasteiger partial charge on any atom is 0.342 e. The van der Waals surface area contributed by atoms with Gasteiger partial charge in [-0.2, -0.15) is 0 Å². The molecule has 0 fully saturated rings. The maximum absolute atomic E-state index is 11.0. The number of benzene rings is 1. The van der Waals surface area contributed by atoms with E-state index in [1.54, 1.807) is 0 Å². The Morgan fingerprint density at radius 2 is 2.25 bits per heavy atom. The van der Waals surface area contributed by atoms with Crippen LogP contribution in [-0.2, 0) is 11.3 Å². The smallest absolute Gasteiger partial charge is 0.342 e. The highest BCUT2D eigenvalue weighted by atomic mass is 35.5. The first-order valence-electron chi connectivity index (χ1n) is 3.37. The molecule has 0 saturated carbocycles.